The molecular weight excluding hydrogens is 308 g/mol. The Labute approximate surface area is 142 Å². The van der Waals surface area contributed by atoms with Gasteiger partial charge in [0.2, 0.25) is 11.8 Å². The number of piperidine rings is 1. The Morgan fingerprint density at radius 1 is 1.17 bits per heavy atom. The van der Waals surface area contributed by atoms with Gasteiger partial charge >= 0.3 is 0 Å². The highest BCUT2D eigenvalue weighted by atomic mass is 16.7. The highest BCUT2D eigenvalue weighted by molar-refractivity contribution is 6.03. The molecule has 6 heteroatoms. The molecule has 2 aliphatic rings. The molecule has 2 aliphatic heterocycles. The van der Waals surface area contributed by atoms with Gasteiger partial charge in [0, 0.05) is 31.6 Å². The summed E-state index contributed by atoms with van der Waals surface area (Å²) in [6, 6.07) is 7.66. The zero-order valence-corrected chi connectivity index (χ0v) is 14.0. The van der Waals surface area contributed by atoms with Crippen LogP contribution in [-0.2, 0) is 25.5 Å². The molecule has 130 valence electrons. The van der Waals surface area contributed by atoms with E-state index in [9.17, 15) is 9.59 Å². The van der Waals surface area contributed by atoms with Crippen LogP contribution in [0.25, 0.3) is 0 Å². The molecule has 0 radical (unpaired) electrons. The number of ether oxygens (including phenoxy) is 2. The van der Waals surface area contributed by atoms with E-state index in [1.165, 1.54) is 0 Å². The van der Waals surface area contributed by atoms with Crippen LogP contribution in [0.4, 0.5) is 5.69 Å². The monoisotopic (exact) mass is 332 g/mol. The molecule has 2 saturated heterocycles. The van der Waals surface area contributed by atoms with Crippen molar-refractivity contribution in [2.45, 2.75) is 38.4 Å². The van der Waals surface area contributed by atoms with Crippen molar-refractivity contribution in [2.75, 3.05) is 31.6 Å². The maximum atomic E-state index is 12.3. The number of nitrogens with one attached hydrogen (secondary N) is 1. The van der Waals surface area contributed by atoms with Crippen molar-refractivity contribution in [3.05, 3.63) is 29.8 Å². The van der Waals surface area contributed by atoms with Gasteiger partial charge in [-0.05, 0) is 18.1 Å². The van der Waals surface area contributed by atoms with Gasteiger partial charge in [-0.1, -0.05) is 25.1 Å². The Hall–Kier alpha value is -1.92. The van der Waals surface area contributed by atoms with E-state index in [4.69, 9.17) is 9.47 Å². The standard InChI is InChI=1S/C18H24N2O4/c1-2-14-5-3-4-6-15(14)19-16(21)13-17(22)20-9-7-18(8-10-20)23-11-12-24-18/h3-6H,2,7-13H2,1H3,(H,19,21). The van der Waals surface area contributed by atoms with Crippen molar-refractivity contribution < 1.29 is 19.1 Å². The van der Waals surface area contributed by atoms with Crippen molar-refractivity contribution in [3.8, 4) is 0 Å². The van der Waals surface area contributed by atoms with Crippen LogP contribution >= 0.6 is 0 Å². The molecule has 0 unspecified atom stereocenters. The van der Waals surface area contributed by atoms with E-state index in [2.05, 4.69) is 5.32 Å². The second-order valence-electron chi connectivity index (χ2n) is 6.22. The van der Waals surface area contributed by atoms with Crippen LogP contribution in [0, 0.1) is 0 Å². The topological polar surface area (TPSA) is 67.9 Å². The average Bonchev–Trinajstić information content (AvgIpc) is 3.04. The molecular formula is C18H24N2O4. The van der Waals surface area contributed by atoms with Gasteiger partial charge in [0.25, 0.3) is 0 Å². The maximum Gasteiger partial charge on any atom is 0.233 e. The number of hydrogen-bond acceptors (Lipinski definition) is 4. The Morgan fingerprint density at radius 2 is 1.83 bits per heavy atom. The Bertz CT molecular complexity index is 601. The van der Waals surface area contributed by atoms with E-state index in [1.807, 2.05) is 31.2 Å². The highest BCUT2D eigenvalue weighted by Gasteiger charge is 2.40. The lowest BCUT2D eigenvalue weighted by molar-refractivity contribution is -0.187. The van der Waals surface area contributed by atoms with E-state index >= 15 is 0 Å². The molecule has 1 spiro atoms. The first kappa shape index (κ1) is 16.9. The predicted molar refractivity (Wildman–Crippen MR) is 89.5 cm³/mol. The van der Waals surface area contributed by atoms with Crippen molar-refractivity contribution in [1.29, 1.82) is 0 Å². The fraction of sp³-hybridized carbons (Fsp3) is 0.556. The average molecular weight is 332 g/mol. The Morgan fingerprint density at radius 3 is 2.50 bits per heavy atom. The predicted octanol–water partition coefficient (Wildman–Crippen LogP) is 1.94. The van der Waals surface area contributed by atoms with Crippen LogP contribution < -0.4 is 5.32 Å². The molecule has 0 saturated carbocycles. The van der Waals surface area contributed by atoms with Crippen LogP contribution in [0.5, 0.6) is 0 Å². The van der Waals surface area contributed by atoms with E-state index < -0.39 is 5.79 Å². The summed E-state index contributed by atoms with van der Waals surface area (Å²) in [7, 11) is 0. The van der Waals surface area contributed by atoms with Crippen LogP contribution in [-0.4, -0.2) is 48.8 Å². The molecule has 1 aromatic rings. The highest BCUT2D eigenvalue weighted by Crippen LogP contribution is 2.31. The number of rotatable bonds is 4. The maximum absolute atomic E-state index is 12.3. The minimum Gasteiger partial charge on any atom is -0.347 e. The summed E-state index contributed by atoms with van der Waals surface area (Å²) in [5.41, 5.74) is 1.84. The summed E-state index contributed by atoms with van der Waals surface area (Å²) in [4.78, 5) is 26.2. The van der Waals surface area contributed by atoms with Crippen LogP contribution in [0.1, 0.15) is 31.7 Å². The lowest BCUT2D eigenvalue weighted by atomic mass is 10.0. The Kier molecular flexibility index (Phi) is 5.16. The summed E-state index contributed by atoms with van der Waals surface area (Å²) in [5, 5.41) is 2.84. The smallest absolute Gasteiger partial charge is 0.233 e. The second-order valence-corrected chi connectivity index (χ2v) is 6.22. The van der Waals surface area contributed by atoms with E-state index in [0.717, 1.165) is 17.7 Å². The largest absolute Gasteiger partial charge is 0.347 e. The SMILES string of the molecule is CCc1ccccc1NC(=O)CC(=O)N1CCC2(CC1)OCCO2. The molecule has 3 rings (SSSR count). The van der Waals surface area contributed by atoms with Crippen LogP contribution in [0.2, 0.25) is 0 Å². The second kappa shape index (κ2) is 7.32. The van der Waals surface area contributed by atoms with E-state index in [0.29, 0.717) is 39.1 Å². The van der Waals surface area contributed by atoms with Gasteiger partial charge in [-0.25, -0.2) is 0 Å². The summed E-state index contributed by atoms with van der Waals surface area (Å²) < 4.78 is 11.3. The summed E-state index contributed by atoms with van der Waals surface area (Å²) in [6.45, 7) is 4.41. The molecule has 2 heterocycles. The zero-order valence-electron chi connectivity index (χ0n) is 14.0. The molecule has 0 aliphatic carbocycles. The molecule has 2 amide bonds. The Balaban J connectivity index is 1.50. The quantitative estimate of drug-likeness (QED) is 0.856. The van der Waals surface area contributed by atoms with E-state index in [1.54, 1.807) is 4.90 Å². The number of likely N-dealkylation sites (tertiary alicyclic amines) is 1. The first-order valence-corrected chi connectivity index (χ1v) is 8.55. The lowest BCUT2D eigenvalue weighted by Gasteiger charge is -2.37. The fourth-order valence-corrected chi connectivity index (χ4v) is 3.28. The molecule has 1 aromatic carbocycles. The summed E-state index contributed by atoms with van der Waals surface area (Å²) >= 11 is 0. The van der Waals surface area contributed by atoms with Crippen molar-refractivity contribution in [1.82, 2.24) is 4.90 Å². The van der Waals surface area contributed by atoms with Crippen LogP contribution in [0.3, 0.4) is 0 Å². The number of carbonyl (C=O) groups is 2. The number of benzene rings is 1. The first-order chi connectivity index (χ1) is 11.6. The van der Waals surface area contributed by atoms with Gasteiger partial charge in [-0.3, -0.25) is 9.59 Å². The number of carbonyl (C=O) groups excluding carboxylic acids is 2. The number of aryl methyl sites for hydroxylation is 1. The number of para-hydroxylation sites is 1. The zero-order chi connectivity index (χ0) is 17.0. The third-order valence-corrected chi connectivity index (χ3v) is 4.68. The lowest BCUT2D eigenvalue weighted by Crippen LogP contribution is -2.47. The van der Waals surface area contributed by atoms with Gasteiger partial charge in [0.05, 0.1) is 13.2 Å². The number of nitrogens with zero attached hydrogens (tertiary/aromatic N) is 1. The molecule has 1 N–H and O–H groups in total. The molecule has 6 nitrogen and oxygen atoms in total. The third kappa shape index (κ3) is 3.76. The van der Waals surface area contributed by atoms with Crippen molar-refractivity contribution in [2.24, 2.45) is 0 Å². The molecule has 0 aromatic heterocycles. The molecule has 24 heavy (non-hydrogen) atoms. The van der Waals surface area contributed by atoms with Gasteiger partial charge in [0.15, 0.2) is 5.79 Å². The normalized spacial score (nSPS) is 19.5. The van der Waals surface area contributed by atoms with Crippen molar-refractivity contribution >= 4 is 17.5 Å². The van der Waals surface area contributed by atoms with Gasteiger partial charge in [-0.2, -0.15) is 0 Å². The number of amides is 2. The molecule has 2 fully saturated rings. The van der Waals surface area contributed by atoms with Gasteiger partial charge in [-0.15, -0.1) is 0 Å². The van der Waals surface area contributed by atoms with Crippen LogP contribution in [0.15, 0.2) is 24.3 Å². The number of anilines is 1. The third-order valence-electron chi connectivity index (χ3n) is 4.68. The van der Waals surface area contributed by atoms with Gasteiger partial charge < -0.3 is 19.7 Å². The van der Waals surface area contributed by atoms with Crippen molar-refractivity contribution in [3.63, 3.8) is 0 Å². The molecule has 0 bridgehead atoms. The fourth-order valence-electron chi connectivity index (χ4n) is 3.28. The first-order valence-electron chi connectivity index (χ1n) is 8.55. The molecule has 0 atom stereocenters. The van der Waals surface area contributed by atoms with Gasteiger partial charge in [0.1, 0.15) is 6.42 Å². The minimum absolute atomic E-state index is 0.132. The van der Waals surface area contributed by atoms with E-state index in [-0.39, 0.29) is 18.2 Å². The summed E-state index contributed by atoms with van der Waals surface area (Å²) in [6.07, 6.45) is 2.03. The minimum atomic E-state index is -0.501. The number of hydrogen-bond donors (Lipinski definition) is 1. The summed E-state index contributed by atoms with van der Waals surface area (Å²) in [5.74, 6) is -0.914.